The molecule has 0 saturated heterocycles. The summed E-state index contributed by atoms with van der Waals surface area (Å²) in [4.78, 5) is 21.8. The van der Waals surface area contributed by atoms with Crippen LogP contribution < -0.4 is 9.47 Å². The molecule has 1 aromatic carbocycles. The fraction of sp³-hybridized carbons (Fsp3) is 0.0833. The Morgan fingerprint density at radius 1 is 1.35 bits per heavy atom. The highest BCUT2D eigenvalue weighted by Gasteiger charge is 2.27. The number of hydrogen-bond donors (Lipinski definition) is 1. The minimum absolute atomic E-state index is 0.0660. The molecule has 0 spiro atoms. The second-order valence-corrected chi connectivity index (χ2v) is 4.29. The standard InChI is InChI=1S/C12H6ClNO6/c13-7-1-5(9-2-8(12(16)17)14-20-9)10-11(6(7)3-15)19-4-18-10/h1-3H,4H2,(H,16,17). The lowest BCUT2D eigenvalue weighted by Gasteiger charge is -2.06. The predicted molar refractivity (Wildman–Crippen MR) is 65.4 cm³/mol. The average molecular weight is 296 g/mol. The van der Waals surface area contributed by atoms with Crippen LogP contribution in [0.25, 0.3) is 11.3 Å². The number of aromatic carboxylic acids is 1. The molecule has 0 bridgehead atoms. The molecule has 0 atom stereocenters. The van der Waals surface area contributed by atoms with Gasteiger partial charge in [-0.2, -0.15) is 0 Å². The van der Waals surface area contributed by atoms with Gasteiger partial charge in [-0.1, -0.05) is 16.8 Å². The monoisotopic (exact) mass is 295 g/mol. The van der Waals surface area contributed by atoms with Crippen LogP contribution in [-0.2, 0) is 0 Å². The highest BCUT2D eigenvalue weighted by Crippen LogP contribution is 2.46. The van der Waals surface area contributed by atoms with Crippen molar-refractivity contribution in [3.63, 3.8) is 0 Å². The molecule has 0 saturated carbocycles. The zero-order valence-electron chi connectivity index (χ0n) is 9.75. The van der Waals surface area contributed by atoms with Crippen molar-refractivity contribution >= 4 is 23.9 Å². The number of rotatable bonds is 3. The molecule has 3 rings (SSSR count). The van der Waals surface area contributed by atoms with E-state index in [0.717, 1.165) is 0 Å². The third-order valence-corrected chi connectivity index (χ3v) is 3.06. The predicted octanol–water partition coefficient (Wildman–Crippen LogP) is 2.23. The molecule has 0 aliphatic carbocycles. The largest absolute Gasteiger partial charge is 0.476 e. The number of carbonyl (C=O) groups is 2. The maximum Gasteiger partial charge on any atom is 0.358 e. The Morgan fingerprint density at radius 3 is 2.75 bits per heavy atom. The highest BCUT2D eigenvalue weighted by molar-refractivity contribution is 6.33. The molecule has 2 heterocycles. The Morgan fingerprint density at radius 2 is 2.10 bits per heavy atom. The number of carbonyl (C=O) groups excluding carboxylic acids is 1. The number of hydrogen-bond acceptors (Lipinski definition) is 6. The number of benzene rings is 1. The van der Waals surface area contributed by atoms with Crippen molar-refractivity contribution in [2.24, 2.45) is 0 Å². The van der Waals surface area contributed by atoms with Crippen molar-refractivity contribution in [1.29, 1.82) is 0 Å². The van der Waals surface area contributed by atoms with E-state index in [2.05, 4.69) is 5.16 Å². The maximum atomic E-state index is 11.0. The summed E-state index contributed by atoms with van der Waals surface area (Å²) in [7, 11) is 0. The summed E-state index contributed by atoms with van der Waals surface area (Å²) >= 11 is 5.99. The van der Waals surface area contributed by atoms with E-state index in [-0.39, 0.29) is 40.3 Å². The average Bonchev–Trinajstić information content (AvgIpc) is 3.06. The molecular formula is C12H6ClNO6. The minimum Gasteiger partial charge on any atom is -0.476 e. The first-order valence-corrected chi connectivity index (χ1v) is 5.77. The third kappa shape index (κ3) is 1.79. The first-order chi connectivity index (χ1) is 9.61. The van der Waals surface area contributed by atoms with Gasteiger partial charge in [0.2, 0.25) is 6.79 Å². The number of halogens is 1. The number of ether oxygens (including phenoxy) is 2. The van der Waals surface area contributed by atoms with E-state index in [9.17, 15) is 9.59 Å². The van der Waals surface area contributed by atoms with Crippen molar-refractivity contribution in [2.45, 2.75) is 0 Å². The second kappa shape index (κ2) is 4.53. The van der Waals surface area contributed by atoms with Crippen molar-refractivity contribution in [1.82, 2.24) is 5.16 Å². The molecule has 0 radical (unpaired) electrons. The molecule has 20 heavy (non-hydrogen) atoms. The van der Waals surface area contributed by atoms with Crippen LogP contribution in [0, 0.1) is 0 Å². The van der Waals surface area contributed by atoms with Crippen LogP contribution in [0.4, 0.5) is 0 Å². The Bertz CT molecular complexity index is 723. The van der Waals surface area contributed by atoms with Gasteiger partial charge in [0.15, 0.2) is 29.2 Å². The number of aromatic nitrogens is 1. The van der Waals surface area contributed by atoms with Crippen LogP contribution in [0.2, 0.25) is 5.02 Å². The van der Waals surface area contributed by atoms with E-state index in [1.165, 1.54) is 12.1 Å². The molecule has 0 unspecified atom stereocenters. The quantitative estimate of drug-likeness (QED) is 0.867. The van der Waals surface area contributed by atoms with Crippen LogP contribution in [0.5, 0.6) is 11.5 Å². The van der Waals surface area contributed by atoms with Crippen molar-refractivity contribution in [2.75, 3.05) is 6.79 Å². The van der Waals surface area contributed by atoms with Gasteiger partial charge in [-0.3, -0.25) is 4.79 Å². The molecule has 7 nitrogen and oxygen atoms in total. The van der Waals surface area contributed by atoms with Gasteiger partial charge in [0.25, 0.3) is 0 Å². The topological polar surface area (TPSA) is 98.9 Å². The normalized spacial score (nSPS) is 12.4. The molecule has 1 aromatic heterocycles. The number of carboxylic acid groups (broad SMARTS) is 1. The van der Waals surface area contributed by atoms with Gasteiger partial charge in [0.05, 0.1) is 16.1 Å². The van der Waals surface area contributed by atoms with E-state index in [1.807, 2.05) is 0 Å². The molecule has 1 aliphatic heterocycles. The Balaban J connectivity index is 2.19. The Kier molecular flexibility index (Phi) is 2.83. The van der Waals surface area contributed by atoms with E-state index in [1.54, 1.807) is 0 Å². The zero-order valence-corrected chi connectivity index (χ0v) is 10.5. The fourth-order valence-corrected chi connectivity index (χ4v) is 2.09. The summed E-state index contributed by atoms with van der Waals surface area (Å²) in [5.41, 5.74) is 0.289. The summed E-state index contributed by atoms with van der Waals surface area (Å²) in [6, 6.07) is 2.67. The molecular weight excluding hydrogens is 290 g/mol. The number of nitrogens with zero attached hydrogens (tertiary/aromatic N) is 1. The number of aldehydes is 1. The smallest absolute Gasteiger partial charge is 0.358 e. The third-order valence-electron chi connectivity index (χ3n) is 2.74. The Hall–Kier alpha value is -2.54. The van der Waals surface area contributed by atoms with E-state index < -0.39 is 5.97 Å². The molecule has 2 aromatic rings. The molecule has 1 aliphatic rings. The van der Waals surface area contributed by atoms with Crippen LogP contribution in [0.15, 0.2) is 16.7 Å². The lowest BCUT2D eigenvalue weighted by atomic mass is 10.1. The van der Waals surface area contributed by atoms with Crippen molar-refractivity contribution < 1.29 is 28.7 Å². The van der Waals surface area contributed by atoms with Crippen LogP contribution in [-0.4, -0.2) is 29.3 Å². The van der Waals surface area contributed by atoms with Crippen LogP contribution in [0.3, 0.4) is 0 Å². The highest BCUT2D eigenvalue weighted by atomic mass is 35.5. The first kappa shape index (κ1) is 12.5. The number of fused-ring (bicyclic) bond motifs is 1. The van der Waals surface area contributed by atoms with Gasteiger partial charge in [-0.05, 0) is 6.07 Å². The fourth-order valence-electron chi connectivity index (χ4n) is 1.85. The lowest BCUT2D eigenvalue weighted by Crippen LogP contribution is -1.94. The molecule has 1 N–H and O–H groups in total. The lowest BCUT2D eigenvalue weighted by molar-refractivity contribution is 0.0685. The second-order valence-electron chi connectivity index (χ2n) is 3.88. The van der Waals surface area contributed by atoms with E-state index in [4.69, 9.17) is 30.7 Å². The van der Waals surface area contributed by atoms with Gasteiger partial charge in [0, 0.05) is 6.07 Å². The molecule has 8 heteroatoms. The van der Waals surface area contributed by atoms with Gasteiger partial charge in [0.1, 0.15) is 0 Å². The van der Waals surface area contributed by atoms with Gasteiger partial charge < -0.3 is 19.1 Å². The number of carboxylic acids is 1. The molecule has 0 fully saturated rings. The minimum atomic E-state index is -1.22. The van der Waals surface area contributed by atoms with E-state index in [0.29, 0.717) is 11.8 Å². The Labute approximate surface area is 116 Å². The van der Waals surface area contributed by atoms with Gasteiger partial charge >= 0.3 is 5.97 Å². The SMILES string of the molecule is O=Cc1c(Cl)cc(-c2cc(C(=O)O)no2)c2c1OCO2. The maximum absolute atomic E-state index is 11.0. The summed E-state index contributed by atoms with van der Waals surface area (Å²) in [5.74, 6) is -0.590. The summed E-state index contributed by atoms with van der Waals surface area (Å²) in [5, 5.41) is 12.4. The molecule has 102 valence electrons. The van der Waals surface area contributed by atoms with Gasteiger partial charge in [-0.25, -0.2) is 4.79 Å². The summed E-state index contributed by atoms with van der Waals surface area (Å²) < 4.78 is 15.4. The summed E-state index contributed by atoms with van der Waals surface area (Å²) in [6.45, 7) is -0.0660. The van der Waals surface area contributed by atoms with E-state index >= 15 is 0 Å². The van der Waals surface area contributed by atoms with Gasteiger partial charge in [-0.15, -0.1) is 0 Å². The molecule has 0 amide bonds. The first-order valence-electron chi connectivity index (χ1n) is 5.39. The zero-order chi connectivity index (χ0) is 14.3. The van der Waals surface area contributed by atoms with Crippen molar-refractivity contribution in [3.8, 4) is 22.8 Å². The van der Waals surface area contributed by atoms with Crippen LogP contribution in [0.1, 0.15) is 20.8 Å². The van der Waals surface area contributed by atoms with Crippen LogP contribution >= 0.6 is 11.6 Å². The van der Waals surface area contributed by atoms with Crippen molar-refractivity contribution in [3.05, 3.63) is 28.4 Å². The summed E-state index contributed by atoms with van der Waals surface area (Å²) in [6.07, 6.45) is 0.558.